The Morgan fingerprint density at radius 1 is 0.900 bits per heavy atom. The van der Waals surface area contributed by atoms with E-state index in [-0.39, 0.29) is 5.56 Å². The zero-order valence-electron chi connectivity index (χ0n) is 10.1. The second-order valence-corrected chi connectivity index (χ2v) is 4.04. The molecule has 0 N–H and O–H groups in total. The minimum atomic E-state index is -2.03. The zero-order valence-corrected chi connectivity index (χ0v) is 10.1. The second-order valence-electron chi connectivity index (χ2n) is 4.04. The van der Waals surface area contributed by atoms with Crippen LogP contribution < -0.4 is 0 Å². The second kappa shape index (κ2) is 6.02. The molecule has 0 saturated heterocycles. The van der Waals surface area contributed by atoms with Gasteiger partial charge in [0.2, 0.25) is 6.29 Å². The molecule has 0 aliphatic carbocycles. The summed E-state index contributed by atoms with van der Waals surface area (Å²) in [7, 11) is 0. The zero-order chi connectivity index (χ0) is 14.7. The number of rotatable bonds is 4. The minimum Gasteiger partial charge on any atom is -0.341 e. The molecule has 0 bridgehead atoms. The van der Waals surface area contributed by atoms with Crippen molar-refractivity contribution in [2.45, 2.75) is 12.9 Å². The lowest BCUT2D eigenvalue weighted by molar-refractivity contribution is -0.154. The van der Waals surface area contributed by atoms with Gasteiger partial charge in [0.25, 0.3) is 0 Å². The average Bonchev–Trinajstić information content (AvgIpc) is 2.42. The molecule has 0 amide bonds. The molecule has 6 heteroatoms. The molecule has 0 heterocycles. The quantitative estimate of drug-likeness (QED) is 0.619. The average molecular weight is 285 g/mol. The molecule has 1 unspecified atom stereocenters. The van der Waals surface area contributed by atoms with E-state index in [1.165, 1.54) is 0 Å². The highest BCUT2D eigenvalue weighted by molar-refractivity contribution is 5.20. The van der Waals surface area contributed by atoms with Crippen molar-refractivity contribution in [1.82, 2.24) is 0 Å². The van der Waals surface area contributed by atoms with Crippen LogP contribution in [0.2, 0.25) is 0 Å². The van der Waals surface area contributed by atoms with E-state index >= 15 is 0 Å². The third-order valence-corrected chi connectivity index (χ3v) is 2.61. The summed E-state index contributed by atoms with van der Waals surface area (Å²) in [5.41, 5.74) is -0.704. The highest BCUT2D eigenvalue weighted by Crippen LogP contribution is 2.22. The van der Waals surface area contributed by atoms with Gasteiger partial charge in [-0.1, -0.05) is 0 Å². The Morgan fingerprint density at radius 3 is 2.20 bits per heavy atom. The van der Waals surface area contributed by atoms with Gasteiger partial charge in [-0.15, -0.1) is 0 Å². The van der Waals surface area contributed by atoms with Crippen molar-refractivity contribution in [2.75, 3.05) is 0 Å². The van der Waals surface area contributed by atoms with Crippen LogP contribution in [-0.4, -0.2) is 0 Å². The van der Waals surface area contributed by atoms with E-state index in [9.17, 15) is 22.7 Å². The number of hydrogen-bond acceptors (Lipinski definition) is 1. The molecule has 0 fully saturated rings. The first kappa shape index (κ1) is 14.5. The largest absolute Gasteiger partial charge is 0.341 e. The Bertz CT molecular complexity index is 616. The van der Waals surface area contributed by atoms with E-state index in [0.29, 0.717) is 6.07 Å². The fourth-order valence-electron chi connectivity index (χ4n) is 1.60. The Balaban J connectivity index is 2.10. The molecule has 105 valence electrons. The van der Waals surface area contributed by atoms with E-state index in [1.54, 1.807) is 0 Å². The summed E-state index contributed by atoms with van der Waals surface area (Å²) in [6, 6.07) is 5.02. The van der Waals surface area contributed by atoms with Crippen LogP contribution >= 0.6 is 0 Å². The lowest BCUT2D eigenvalue weighted by atomic mass is 10.2. The topological polar surface area (TPSA) is 29.1 Å². The van der Waals surface area contributed by atoms with Gasteiger partial charge in [-0.25, -0.2) is 17.6 Å². The molecule has 1 atom stereocenters. The molecule has 2 aromatic carbocycles. The molecule has 0 aliphatic heterocycles. The van der Waals surface area contributed by atoms with Gasteiger partial charge in [0.05, 0.1) is 6.61 Å². The van der Waals surface area contributed by atoms with Crippen LogP contribution in [0, 0.1) is 23.3 Å². The molecule has 2 rings (SSSR count). The molecule has 20 heavy (non-hydrogen) atoms. The van der Waals surface area contributed by atoms with Crippen LogP contribution in [0.5, 0.6) is 0 Å². The van der Waals surface area contributed by atoms with Crippen LogP contribution in [0.25, 0.3) is 0 Å². The third-order valence-electron chi connectivity index (χ3n) is 2.61. The van der Waals surface area contributed by atoms with E-state index in [0.717, 1.165) is 30.3 Å². The third kappa shape index (κ3) is 3.34. The van der Waals surface area contributed by atoms with E-state index in [1.807, 2.05) is 0 Å². The summed E-state index contributed by atoms with van der Waals surface area (Å²) in [5.74, 6) is -3.16. The smallest absolute Gasteiger partial charge is 0.220 e. The molecule has 2 aromatic rings. The number of ether oxygens (including phenoxy) is 1. The van der Waals surface area contributed by atoms with Gasteiger partial charge >= 0.3 is 0 Å². The number of halogens is 4. The Kier molecular flexibility index (Phi) is 4.36. The van der Waals surface area contributed by atoms with Crippen LogP contribution in [0.15, 0.2) is 36.4 Å². The van der Waals surface area contributed by atoms with Gasteiger partial charge < -0.3 is 4.74 Å². The van der Waals surface area contributed by atoms with E-state index < -0.39 is 41.7 Å². The maximum atomic E-state index is 13.3. The molecule has 1 radical (unpaired) electrons. The van der Waals surface area contributed by atoms with Crippen molar-refractivity contribution < 1.29 is 27.4 Å². The highest BCUT2D eigenvalue weighted by atomic mass is 19.1. The van der Waals surface area contributed by atoms with Crippen LogP contribution in [0.3, 0.4) is 0 Å². The predicted molar refractivity (Wildman–Crippen MR) is 60.9 cm³/mol. The van der Waals surface area contributed by atoms with E-state index in [2.05, 4.69) is 0 Å². The van der Waals surface area contributed by atoms with Crippen molar-refractivity contribution in [3.63, 3.8) is 0 Å². The van der Waals surface area contributed by atoms with Gasteiger partial charge in [0.1, 0.15) is 23.3 Å². The fraction of sp³-hybridized carbons (Fsp3) is 0.143. The van der Waals surface area contributed by atoms with Gasteiger partial charge in [0.15, 0.2) is 0 Å². The fourth-order valence-corrected chi connectivity index (χ4v) is 1.60. The molecule has 0 aliphatic rings. The first-order chi connectivity index (χ1) is 9.47. The number of benzene rings is 2. The van der Waals surface area contributed by atoms with Gasteiger partial charge in [-0.3, -0.25) is 0 Å². The summed E-state index contributed by atoms with van der Waals surface area (Å²) in [5, 5.41) is 11.6. The first-order valence-electron chi connectivity index (χ1n) is 5.63. The summed E-state index contributed by atoms with van der Waals surface area (Å²) >= 11 is 0. The van der Waals surface area contributed by atoms with Crippen molar-refractivity contribution in [1.29, 1.82) is 0 Å². The molecular weight excluding hydrogens is 276 g/mol. The first-order valence-corrected chi connectivity index (χ1v) is 5.63. The lowest BCUT2D eigenvalue weighted by Crippen LogP contribution is -2.06. The highest BCUT2D eigenvalue weighted by Gasteiger charge is 2.17. The standard InChI is InChI=1S/C14H9F4O2/c15-9-1-3-12(17)8(5-9)7-20-14(19)11-6-10(16)2-4-13(11)18/h1-6,14H,7H2. The molecule has 0 saturated carbocycles. The minimum absolute atomic E-state index is 0.178. The van der Waals surface area contributed by atoms with Crippen molar-refractivity contribution in [3.05, 3.63) is 70.8 Å². The van der Waals surface area contributed by atoms with Crippen LogP contribution in [-0.2, 0) is 16.5 Å². The summed E-state index contributed by atoms with van der Waals surface area (Å²) in [6.45, 7) is -0.548. The van der Waals surface area contributed by atoms with Crippen molar-refractivity contribution >= 4 is 0 Å². The molecule has 2 nitrogen and oxygen atoms in total. The Morgan fingerprint density at radius 2 is 1.50 bits per heavy atom. The molecule has 0 spiro atoms. The molecule has 0 aromatic heterocycles. The number of hydrogen-bond donors (Lipinski definition) is 0. The van der Waals surface area contributed by atoms with Crippen LogP contribution in [0.1, 0.15) is 17.4 Å². The predicted octanol–water partition coefficient (Wildman–Crippen LogP) is 3.89. The summed E-state index contributed by atoms with van der Waals surface area (Å²) < 4.78 is 57.1. The van der Waals surface area contributed by atoms with Crippen molar-refractivity contribution in [2.24, 2.45) is 0 Å². The van der Waals surface area contributed by atoms with Crippen LogP contribution in [0.4, 0.5) is 17.6 Å². The maximum Gasteiger partial charge on any atom is 0.220 e. The lowest BCUT2D eigenvalue weighted by Gasteiger charge is -2.12. The molecular formula is C14H9F4O2. The Hall–Kier alpha value is -1.92. The van der Waals surface area contributed by atoms with Gasteiger partial charge in [-0.2, -0.15) is 5.11 Å². The SMILES string of the molecule is [O]C(OCc1cc(F)ccc1F)c1cc(F)ccc1F. The summed E-state index contributed by atoms with van der Waals surface area (Å²) in [4.78, 5) is 0. The monoisotopic (exact) mass is 285 g/mol. The Labute approximate surface area is 112 Å². The normalized spacial score (nSPS) is 12.4. The van der Waals surface area contributed by atoms with Gasteiger partial charge in [0, 0.05) is 11.1 Å². The van der Waals surface area contributed by atoms with Crippen molar-refractivity contribution in [3.8, 4) is 0 Å². The van der Waals surface area contributed by atoms with Gasteiger partial charge in [-0.05, 0) is 36.4 Å². The maximum absolute atomic E-state index is 13.3. The van der Waals surface area contributed by atoms with E-state index in [4.69, 9.17) is 4.74 Å². The summed E-state index contributed by atoms with van der Waals surface area (Å²) in [6.07, 6.45) is -2.03.